The summed E-state index contributed by atoms with van der Waals surface area (Å²) in [6.07, 6.45) is 0.974. The molecular formula is C21H30N4O3. The first-order valence-corrected chi connectivity index (χ1v) is 9.57. The molecule has 7 nitrogen and oxygen atoms in total. The van der Waals surface area contributed by atoms with Gasteiger partial charge >= 0.3 is 11.8 Å². The summed E-state index contributed by atoms with van der Waals surface area (Å²) in [4.78, 5) is 24.6. The zero-order valence-corrected chi connectivity index (χ0v) is 17.2. The topological polar surface area (TPSA) is 96.2 Å². The van der Waals surface area contributed by atoms with Crippen LogP contribution in [-0.2, 0) is 15.0 Å². The summed E-state index contributed by atoms with van der Waals surface area (Å²) in [6.45, 7) is 9.78. The number of amides is 2. The van der Waals surface area contributed by atoms with Crippen LogP contribution in [-0.4, -0.2) is 38.8 Å². The Morgan fingerprint density at radius 1 is 1.07 bits per heavy atom. The van der Waals surface area contributed by atoms with Gasteiger partial charge in [-0.15, -0.1) is 0 Å². The highest BCUT2D eigenvalue weighted by Gasteiger charge is 2.26. The van der Waals surface area contributed by atoms with E-state index in [1.54, 1.807) is 10.7 Å². The fraction of sp³-hybridized carbons (Fsp3) is 0.476. The van der Waals surface area contributed by atoms with Crippen molar-refractivity contribution in [1.82, 2.24) is 15.1 Å². The van der Waals surface area contributed by atoms with Crippen molar-refractivity contribution in [3.63, 3.8) is 0 Å². The van der Waals surface area contributed by atoms with E-state index in [2.05, 4.69) is 15.7 Å². The van der Waals surface area contributed by atoms with Crippen molar-refractivity contribution in [2.24, 2.45) is 0 Å². The van der Waals surface area contributed by atoms with Gasteiger partial charge in [-0.25, -0.2) is 4.68 Å². The summed E-state index contributed by atoms with van der Waals surface area (Å²) >= 11 is 0. The number of benzene rings is 1. The Balaban J connectivity index is 2.21. The Hall–Kier alpha value is -2.67. The summed E-state index contributed by atoms with van der Waals surface area (Å²) in [5, 5.41) is 20.0. The van der Waals surface area contributed by atoms with Crippen LogP contribution in [0.3, 0.4) is 0 Å². The van der Waals surface area contributed by atoms with Gasteiger partial charge in [0, 0.05) is 18.0 Å². The zero-order chi connectivity index (χ0) is 20.9. The minimum Gasteiger partial charge on any atom is -0.388 e. The van der Waals surface area contributed by atoms with Crippen LogP contribution in [0.1, 0.15) is 53.2 Å². The van der Waals surface area contributed by atoms with Gasteiger partial charge in [0.05, 0.1) is 17.0 Å². The van der Waals surface area contributed by atoms with Crippen molar-refractivity contribution in [3.05, 3.63) is 42.1 Å². The number of carbonyl (C=O) groups is 2. The number of anilines is 1. The van der Waals surface area contributed by atoms with Crippen LogP contribution in [0.15, 0.2) is 36.4 Å². The minimum atomic E-state index is -1.01. The fourth-order valence-corrected chi connectivity index (χ4v) is 2.60. The lowest BCUT2D eigenvalue weighted by Gasteiger charge is -2.25. The van der Waals surface area contributed by atoms with Crippen molar-refractivity contribution >= 4 is 17.6 Å². The molecule has 2 rings (SSSR count). The lowest BCUT2D eigenvalue weighted by atomic mass is 9.92. The maximum Gasteiger partial charge on any atom is 0.314 e. The summed E-state index contributed by atoms with van der Waals surface area (Å²) < 4.78 is 1.61. The maximum atomic E-state index is 12.4. The molecule has 0 unspecified atom stereocenters. The Kier molecular flexibility index (Phi) is 6.61. The van der Waals surface area contributed by atoms with Gasteiger partial charge in [-0.2, -0.15) is 5.10 Å². The van der Waals surface area contributed by atoms with Crippen LogP contribution in [0.25, 0.3) is 5.69 Å². The molecule has 0 fully saturated rings. The Bertz CT molecular complexity index is 818. The van der Waals surface area contributed by atoms with Gasteiger partial charge in [0.25, 0.3) is 0 Å². The Labute approximate surface area is 166 Å². The highest BCUT2D eigenvalue weighted by molar-refractivity contribution is 6.39. The Morgan fingerprint density at radius 2 is 1.68 bits per heavy atom. The first kappa shape index (κ1) is 21.6. The lowest BCUT2D eigenvalue weighted by molar-refractivity contribution is -0.136. The summed E-state index contributed by atoms with van der Waals surface area (Å²) in [7, 11) is 0. The summed E-state index contributed by atoms with van der Waals surface area (Å²) in [5.41, 5.74) is 0.334. The van der Waals surface area contributed by atoms with E-state index < -0.39 is 17.4 Å². The van der Waals surface area contributed by atoms with Gasteiger partial charge in [-0.05, 0) is 25.0 Å². The molecule has 0 radical (unpaired) electrons. The van der Waals surface area contributed by atoms with Crippen molar-refractivity contribution in [2.45, 2.75) is 58.5 Å². The number of hydrogen-bond donors (Lipinski definition) is 3. The molecule has 2 aromatic rings. The van der Waals surface area contributed by atoms with Crippen LogP contribution >= 0.6 is 0 Å². The molecule has 0 aliphatic heterocycles. The normalized spacial score (nSPS) is 11.9. The molecule has 0 spiro atoms. The first-order valence-electron chi connectivity index (χ1n) is 9.57. The number of carbonyl (C=O) groups excluding carboxylic acids is 2. The average molecular weight is 386 g/mol. The largest absolute Gasteiger partial charge is 0.388 e. The third-order valence-electron chi connectivity index (χ3n) is 4.82. The van der Waals surface area contributed by atoms with Crippen molar-refractivity contribution < 1.29 is 14.7 Å². The molecule has 7 heteroatoms. The SMILES string of the molecule is CCC(O)(CC)CNC(=O)C(=O)Nc1cc(C(C)(C)C)nn1-c1ccccc1. The molecule has 2 amide bonds. The molecule has 1 heterocycles. The van der Waals surface area contributed by atoms with E-state index in [9.17, 15) is 14.7 Å². The minimum absolute atomic E-state index is 0.0252. The fourth-order valence-electron chi connectivity index (χ4n) is 2.60. The molecule has 0 bridgehead atoms. The van der Waals surface area contributed by atoms with Gasteiger partial charge in [0.1, 0.15) is 5.82 Å². The van der Waals surface area contributed by atoms with E-state index in [1.807, 2.05) is 65.0 Å². The molecule has 0 aliphatic rings. The molecule has 3 N–H and O–H groups in total. The van der Waals surface area contributed by atoms with E-state index >= 15 is 0 Å². The smallest absolute Gasteiger partial charge is 0.314 e. The van der Waals surface area contributed by atoms with E-state index in [0.29, 0.717) is 18.7 Å². The second-order valence-corrected chi connectivity index (χ2v) is 7.98. The third kappa shape index (κ3) is 5.19. The molecule has 1 aromatic carbocycles. The van der Waals surface area contributed by atoms with Crippen molar-refractivity contribution in [2.75, 3.05) is 11.9 Å². The number of para-hydroxylation sites is 1. The van der Waals surface area contributed by atoms with Crippen molar-refractivity contribution in [3.8, 4) is 5.69 Å². The molecule has 152 valence electrons. The van der Waals surface area contributed by atoms with Gasteiger partial charge in [0.2, 0.25) is 0 Å². The van der Waals surface area contributed by atoms with Crippen LogP contribution in [0.4, 0.5) is 5.82 Å². The molecule has 1 aromatic heterocycles. The first-order chi connectivity index (χ1) is 13.1. The molecule has 0 saturated carbocycles. The predicted octanol–water partition coefficient (Wildman–Crippen LogP) is 2.78. The Morgan fingerprint density at radius 3 is 2.21 bits per heavy atom. The third-order valence-corrected chi connectivity index (χ3v) is 4.82. The monoisotopic (exact) mass is 386 g/mol. The molecular weight excluding hydrogens is 356 g/mol. The molecule has 0 saturated heterocycles. The number of aromatic nitrogens is 2. The van der Waals surface area contributed by atoms with Gasteiger partial charge in [-0.1, -0.05) is 52.8 Å². The second kappa shape index (κ2) is 8.56. The molecule has 0 atom stereocenters. The number of nitrogens with one attached hydrogen (secondary N) is 2. The average Bonchev–Trinajstić information content (AvgIpc) is 3.10. The van der Waals surface area contributed by atoms with Crippen LogP contribution < -0.4 is 10.6 Å². The highest BCUT2D eigenvalue weighted by atomic mass is 16.3. The van der Waals surface area contributed by atoms with Crippen molar-refractivity contribution in [1.29, 1.82) is 0 Å². The standard InChI is InChI=1S/C21H30N4O3/c1-6-21(28,7-2)14-22-18(26)19(27)23-17-13-16(20(3,4)5)24-25(17)15-11-9-8-10-12-15/h8-13,28H,6-7,14H2,1-5H3,(H,22,26)(H,23,27). The van der Waals surface area contributed by atoms with Gasteiger partial charge in [-0.3, -0.25) is 9.59 Å². The highest BCUT2D eigenvalue weighted by Crippen LogP contribution is 2.26. The quantitative estimate of drug-likeness (QED) is 0.665. The molecule has 0 aliphatic carbocycles. The second-order valence-electron chi connectivity index (χ2n) is 7.98. The van der Waals surface area contributed by atoms with Gasteiger partial charge < -0.3 is 15.7 Å². The molecule has 28 heavy (non-hydrogen) atoms. The number of rotatable bonds is 6. The van der Waals surface area contributed by atoms with Crippen LogP contribution in [0, 0.1) is 0 Å². The van der Waals surface area contributed by atoms with E-state index in [0.717, 1.165) is 11.4 Å². The van der Waals surface area contributed by atoms with E-state index in [4.69, 9.17) is 0 Å². The van der Waals surface area contributed by atoms with E-state index in [-0.39, 0.29) is 12.0 Å². The maximum absolute atomic E-state index is 12.4. The van der Waals surface area contributed by atoms with E-state index in [1.165, 1.54) is 0 Å². The van der Waals surface area contributed by atoms with Crippen LogP contribution in [0.5, 0.6) is 0 Å². The lowest BCUT2D eigenvalue weighted by Crippen LogP contribution is -2.45. The summed E-state index contributed by atoms with van der Waals surface area (Å²) in [5.74, 6) is -1.18. The predicted molar refractivity (Wildman–Crippen MR) is 109 cm³/mol. The number of aliphatic hydroxyl groups is 1. The zero-order valence-electron chi connectivity index (χ0n) is 17.2. The van der Waals surface area contributed by atoms with Crippen LogP contribution in [0.2, 0.25) is 0 Å². The van der Waals surface area contributed by atoms with Gasteiger partial charge in [0.15, 0.2) is 0 Å². The summed E-state index contributed by atoms with van der Waals surface area (Å²) in [6, 6.07) is 11.2. The number of hydrogen-bond acceptors (Lipinski definition) is 4. The number of nitrogens with zero attached hydrogens (tertiary/aromatic N) is 2.